The Morgan fingerprint density at radius 1 is 1.36 bits per heavy atom. The summed E-state index contributed by atoms with van der Waals surface area (Å²) < 4.78 is 6.59. The number of nitrogens with zero attached hydrogens (tertiary/aromatic N) is 1. The van der Waals surface area contributed by atoms with Crippen LogP contribution in [0.1, 0.15) is 43.7 Å². The Bertz CT molecular complexity index is 654. The summed E-state index contributed by atoms with van der Waals surface area (Å²) in [6.07, 6.45) is 5.54. The predicted octanol–water partition coefficient (Wildman–Crippen LogP) is 3.82. The molecule has 0 aromatic heterocycles. The second-order valence-electron chi connectivity index (χ2n) is 6.58. The second kappa shape index (κ2) is 5.39. The summed E-state index contributed by atoms with van der Waals surface area (Å²) in [4.78, 5) is 4.59. The van der Waals surface area contributed by atoms with Crippen LogP contribution < -0.4 is 5.32 Å². The Labute approximate surface area is 136 Å². The van der Waals surface area contributed by atoms with E-state index in [9.17, 15) is 0 Å². The monoisotopic (exact) mass is 316 g/mol. The van der Waals surface area contributed by atoms with Crippen molar-refractivity contribution in [3.8, 4) is 0 Å². The van der Waals surface area contributed by atoms with E-state index in [-0.39, 0.29) is 11.0 Å². The SMILES string of the molecule is CC1CC2(CCN1)O/C(=C1/CC(Cl)CC=N1)c1ccccc12. The third-order valence-corrected chi connectivity index (χ3v) is 5.24. The van der Waals surface area contributed by atoms with Crippen LogP contribution in [0.5, 0.6) is 0 Å². The molecule has 4 heteroatoms. The van der Waals surface area contributed by atoms with Gasteiger partial charge in [-0.15, -0.1) is 11.6 Å². The molecular formula is C18H21ClN2O. The molecule has 1 N–H and O–H groups in total. The molecule has 1 saturated heterocycles. The number of piperidine rings is 1. The van der Waals surface area contributed by atoms with Crippen LogP contribution in [0.2, 0.25) is 0 Å². The van der Waals surface area contributed by atoms with Gasteiger partial charge in [0.15, 0.2) is 0 Å². The molecule has 3 aliphatic heterocycles. The van der Waals surface area contributed by atoms with Gasteiger partial charge in [0, 0.05) is 48.0 Å². The van der Waals surface area contributed by atoms with Gasteiger partial charge >= 0.3 is 0 Å². The minimum atomic E-state index is -0.196. The lowest BCUT2D eigenvalue weighted by atomic mass is 9.81. The summed E-state index contributed by atoms with van der Waals surface area (Å²) in [5, 5.41) is 3.64. The van der Waals surface area contributed by atoms with Crippen molar-refractivity contribution < 1.29 is 4.74 Å². The van der Waals surface area contributed by atoms with Gasteiger partial charge in [0.1, 0.15) is 11.4 Å². The summed E-state index contributed by atoms with van der Waals surface area (Å²) in [6.45, 7) is 3.21. The zero-order valence-electron chi connectivity index (χ0n) is 12.8. The number of benzene rings is 1. The van der Waals surface area contributed by atoms with Crippen molar-refractivity contribution in [2.45, 2.75) is 49.6 Å². The van der Waals surface area contributed by atoms with Crippen LogP contribution in [0.3, 0.4) is 0 Å². The molecule has 3 atom stereocenters. The Hall–Kier alpha value is -1.32. The fraction of sp³-hybridized carbons (Fsp3) is 0.500. The molecule has 0 radical (unpaired) electrons. The van der Waals surface area contributed by atoms with Gasteiger partial charge in [0.05, 0.1) is 5.70 Å². The molecule has 3 unspecified atom stereocenters. The van der Waals surface area contributed by atoms with Crippen molar-refractivity contribution in [3.05, 3.63) is 41.1 Å². The number of hydrogen-bond donors (Lipinski definition) is 1. The first kappa shape index (κ1) is 14.3. The molecular weight excluding hydrogens is 296 g/mol. The largest absolute Gasteiger partial charge is 0.480 e. The predicted molar refractivity (Wildman–Crippen MR) is 90.2 cm³/mol. The molecule has 0 aliphatic carbocycles. The maximum absolute atomic E-state index is 6.59. The van der Waals surface area contributed by atoms with E-state index in [2.05, 4.69) is 41.5 Å². The van der Waals surface area contributed by atoms with E-state index in [1.165, 1.54) is 11.1 Å². The van der Waals surface area contributed by atoms with Crippen LogP contribution in [0.25, 0.3) is 5.76 Å². The smallest absolute Gasteiger partial charge is 0.149 e. The molecule has 3 nitrogen and oxygen atoms in total. The van der Waals surface area contributed by atoms with Gasteiger partial charge in [0.25, 0.3) is 0 Å². The number of alkyl halides is 1. The first-order valence-corrected chi connectivity index (χ1v) is 8.54. The normalized spacial score (nSPS) is 37.2. The summed E-state index contributed by atoms with van der Waals surface area (Å²) in [7, 11) is 0. The lowest BCUT2D eigenvalue weighted by Crippen LogP contribution is -2.44. The molecule has 0 bridgehead atoms. The fourth-order valence-electron chi connectivity index (χ4n) is 3.90. The van der Waals surface area contributed by atoms with E-state index in [1.54, 1.807) is 0 Å². The lowest BCUT2D eigenvalue weighted by molar-refractivity contribution is 0.00680. The maximum Gasteiger partial charge on any atom is 0.149 e. The van der Waals surface area contributed by atoms with Crippen molar-refractivity contribution in [2.75, 3.05) is 6.54 Å². The van der Waals surface area contributed by atoms with Gasteiger partial charge in [-0.25, -0.2) is 0 Å². The van der Waals surface area contributed by atoms with Gasteiger partial charge < -0.3 is 10.1 Å². The van der Waals surface area contributed by atoms with Gasteiger partial charge in [-0.1, -0.05) is 24.3 Å². The third kappa shape index (κ3) is 2.27. The Morgan fingerprint density at radius 3 is 3.05 bits per heavy atom. The highest BCUT2D eigenvalue weighted by Gasteiger charge is 2.46. The average molecular weight is 317 g/mol. The van der Waals surface area contributed by atoms with E-state index in [4.69, 9.17) is 16.3 Å². The van der Waals surface area contributed by atoms with Gasteiger partial charge in [0.2, 0.25) is 0 Å². The van der Waals surface area contributed by atoms with E-state index < -0.39 is 0 Å². The highest BCUT2D eigenvalue weighted by Crippen LogP contribution is 2.50. The van der Waals surface area contributed by atoms with E-state index in [1.807, 2.05) is 6.21 Å². The van der Waals surface area contributed by atoms with E-state index in [0.29, 0.717) is 6.04 Å². The zero-order chi connectivity index (χ0) is 15.2. The number of rotatable bonds is 0. The van der Waals surface area contributed by atoms with Crippen molar-refractivity contribution in [3.63, 3.8) is 0 Å². The minimum absolute atomic E-state index is 0.124. The van der Waals surface area contributed by atoms with Crippen LogP contribution >= 0.6 is 11.6 Å². The third-order valence-electron chi connectivity index (χ3n) is 4.90. The van der Waals surface area contributed by atoms with Crippen LogP contribution in [0.4, 0.5) is 0 Å². The van der Waals surface area contributed by atoms with Crippen molar-refractivity contribution in [1.82, 2.24) is 5.32 Å². The van der Waals surface area contributed by atoms with Crippen LogP contribution in [0, 0.1) is 0 Å². The van der Waals surface area contributed by atoms with Gasteiger partial charge in [-0.3, -0.25) is 4.99 Å². The van der Waals surface area contributed by atoms with Crippen LogP contribution in [-0.4, -0.2) is 24.2 Å². The topological polar surface area (TPSA) is 33.6 Å². The minimum Gasteiger partial charge on any atom is -0.480 e. The number of aliphatic imine (C=N–C) groups is 1. The summed E-state index contributed by atoms with van der Waals surface area (Å²) in [5.41, 5.74) is 3.33. The molecule has 22 heavy (non-hydrogen) atoms. The molecule has 3 heterocycles. The maximum atomic E-state index is 6.59. The number of fused-ring (bicyclic) bond motifs is 2. The molecule has 0 amide bonds. The van der Waals surface area contributed by atoms with Crippen LogP contribution in [0.15, 0.2) is 35.0 Å². The number of ether oxygens (including phenoxy) is 1. The van der Waals surface area contributed by atoms with Gasteiger partial charge in [-0.2, -0.15) is 0 Å². The van der Waals surface area contributed by atoms with E-state index in [0.717, 1.165) is 43.7 Å². The quantitative estimate of drug-likeness (QED) is 0.738. The molecule has 116 valence electrons. The highest BCUT2D eigenvalue weighted by molar-refractivity contribution is 6.21. The van der Waals surface area contributed by atoms with Crippen molar-refractivity contribution in [2.24, 2.45) is 4.99 Å². The summed E-state index contributed by atoms with van der Waals surface area (Å²) in [5.74, 6) is 0.950. The Kier molecular flexibility index (Phi) is 3.50. The van der Waals surface area contributed by atoms with Gasteiger partial charge in [-0.05, 0) is 19.9 Å². The molecule has 1 fully saturated rings. The number of allylic oxidation sites excluding steroid dienone is 1. The van der Waals surface area contributed by atoms with E-state index >= 15 is 0 Å². The molecule has 0 saturated carbocycles. The van der Waals surface area contributed by atoms with Crippen molar-refractivity contribution >= 4 is 23.6 Å². The number of hydrogen-bond acceptors (Lipinski definition) is 3. The summed E-state index contributed by atoms with van der Waals surface area (Å²) >= 11 is 6.33. The van der Waals surface area contributed by atoms with Crippen molar-refractivity contribution in [1.29, 1.82) is 0 Å². The molecule has 1 aromatic rings. The van der Waals surface area contributed by atoms with Crippen LogP contribution in [-0.2, 0) is 10.3 Å². The first-order valence-electron chi connectivity index (χ1n) is 8.10. The molecule has 4 rings (SSSR count). The Balaban J connectivity index is 1.82. The fourth-order valence-corrected chi connectivity index (χ4v) is 4.13. The standard InChI is InChI=1S/C18H21ClN2O/c1-12-11-18(7-9-20-12)15-5-3-2-4-14(15)17(22-18)16-10-13(19)6-8-21-16/h2-5,8,12-13,20H,6-7,9-11H2,1H3/b17-16-. The molecule has 1 spiro atoms. The number of nitrogens with one attached hydrogen (secondary N) is 1. The zero-order valence-corrected chi connectivity index (χ0v) is 13.6. The summed E-state index contributed by atoms with van der Waals surface area (Å²) in [6, 6.07) is 9.02. The molecule has 1 aromatic carbocycles. The number of halogens is 1. The second-order valence-corrected chi connectivity index (χ2v) is 7.19. The highest BCUT2D eigenvalue weighted by atomic mass is 35.5. The Morgan fingerprint density at radius 2 is 2.23 bits per heavy atom. The molecule has 3 aliphatic rings. The lowest BCUT2D eigenvalue weighted by Gasteiger charge is -2.37. The first-order chi connectivity index (χ1) is 10.7. The average Bonchev–Trinajstić information content (AvgIpc) is 2.82.